The number of nitrogens with one attached hydrogen (secondary N) is 6. The van der Waals surface area contributed by atoms with Gasteiger partial charge in [-0.3, -0.25) is 25.1 Å². The van der Waals surface area contributed by atoms with Crippen molar-refractivity contribution in [3.63, 3.8) is 0 Å². The number of carbonyl (C=O) groups is 4. The fraction of sp³-hybridized carbons (Fsp3) is 0.435. The van der Waals surface area contributed by atoms with Gasteiger partial charge in [-0.1, -0.05) is 0 Å². The van der Waals surface area contributed by atoms with E-state index in [-0.39, 0.29) is 47.4 Å². The fourth-order valence-corrected chi connectivity index (χ4v) is 4.00. The SMILES string of the molecule is Cc1c[nH]c(CNC(=O)NC[C@H]2NC(=O)[C@H]2CC(=O)C(=N)c2csc(NC(=O)OC(C)(C)C)n2)cc1=O. The van der Waals surface area contributed by atoms with Crippen LogP contribution in [0.25, 0.3) is 0 Å². The molecule has 1 aliphatic rings. The number of ketones is 1. The summed E-state index contributed by atoms with van der Waals surface area (Å²) in [4.78, 5) is 67.3. The van der Waals surface area contributed by atoms with Crippen molar-refractivity contribution >= 4 is 46.0 Å². The maximum Gasteiger partial charge on any atom is 0.413 e. The van der Waals surface area contributed by atoms with Gasteiger partial charge in [0.2, 0.25) is 5.91 Å². The number of hydrogen-bond donors (Lipinski definition) is 6. The maximum atomic E-state index is 12.6. The molecule has 0 unspecified atom stereocenters. The predicted molar refractivity (Wildman–Crippen MR) is 136 cm³/mol. The summed E-state index contributed by atoms with van der Waals surface area (Å²) >= 11 is 1.04. The van der Waals surface area contributed by atoms with E-state index in [1.54, 1.807) is 33.9 Å². The average molecular weight is 532 g/mol. The minimum Gasteiger partial charge on any atom is -0.444 e. The van der Waals surface area contributed by atoms with Crippen molar-refractivity contribution < 1.29 is 23.9 Å². The third-order valence-corrected chi connectivity index (χ3v) is 6.05. The standard InChI is InChI=1S/C23H29N7O6S/c1-11-7-25-12(5-16(11)31)8-26-20(34)27-9-14-13(19(33)28-14)6-17(32)18(24)15-10-37-21(29-15)30-22(35)36-23(2,3)4/h5,7,10,13-14,24H,6,8-9H2,1-4H3,(H,25,31)(H,28,33)(H2,26,27,34)(H,29,30,35)/t13-,14+/m0/s1. The van der Waals surface area contributed by atoms with Crippen LogP contribution in [0.15, 0.2) is 22.4 Å². The largest absolute Gasteiger partial charge is 0.444 e. The molecule has 0 radical (unpaired) electrons. The molecule has 1 aliphatic heterocycles. The summed E-state index contributed by atoms with van der Waals surface area (Å²) in [6, 6.07) is 0.416. The molecule has 4 amide bonds. The number of Topliss-reactive ketones (excluding diaryl/α,β-unsaturated/α-hetero) is 1. The predicted octanol–water partition coefficient (Wildman–Crippen LogP) is 1.43. The summed E-state index contributed by atoms with van der Waals surface area (Å²) in [5.41, 5.74) is -0.0384. The van der Waals surface area contributed by atoms with E-state index in [0.29, 0.717) is 11.3 Å². The Labute approximate surface area is 216 Å². The number of aryl methyl sites for hydroxylation is 1. The van der Waals surface area contributed by atoms with E-state index in [4.69, 9.17) is 10.1 Å². The Hall–Kier alpha value is -4.07. The molecule has 37 heavy (non-hydrogen) atoms. The van der Waals surface area contributed by atoms with Gasteiger partial charge >= 0.3 is 12.1 Å². The molecule has 14 heteroatoms. The Bertz CT molecular complexity index is 1280. The molecule has 3 heterocycles. The number of aromatic nitrogens is 2. The molecule has 0 saturated carbocycles. The summed E-state index contributed by atoms with van der Waals surface area (Å²) in [6.45, 7) is 7.01. The molecule has 2 aromatic heterocycles. The molecule has 0 aromatic carbocycles. The Morgan fingerprint density at radius 2 is 1.95 bits per heavy atom. The molecule has 0 aliphatic carbocycles. The van der Waals surface area contributed by atoms with Crippen LogP contribution in [0, 0.1) is 18.3 Å². The summed E-state index contributed by atoms with van der Waals surface area (Å²) in [7, 11) is 0. The van der Waals surface area contributed by atoms with Crippen LogP contribution in [-0.2, 0) is 20.9 Å². The number of pyridine rings is 1. The van der Waals surface area contributed by atoms with Crippen molar-refractivity contribution in [3.05, 3.63) is 44.8 Å². The Kier molecular flexibility index (Phi) is 8.42. The van der Waals surface area contributed by atoms with Gasteiger partial charge in [0.15, 0.2) is 16.3 Å². The van der Waals surface area contributed by atoms with E-state index in [0.717, 1.165) is 11.3 Å². The van der Waals surface area contributed by atoms with Crippen molar-refractivity contribution in [1.82, 2.24) is 25.9 Å². The van der Waals surface area contributed by atoms with E-state index in [9.17, 15) is 24.0 Å². The molecule has 1 fully saturated rings. The quantitative estimate of drug-likeness (QED) is 0.208. The minimum absolute atomic E-state index is 0.0731. The van der Waals surface area contributed by atoms with Crippen LogP contribution in [0.2, 0.25) is 0 Å². The first-order valence-electron chi connectivity index (χ1n) is 11.4. The number of aromatic amines is 1. The number of carbonyl (C=O) groups excluding carboxylic acids is 4. The first kappa shape index (κ1) is 27.5. The van der Waals surface area contributed by atoms with E-state index in [2.05, 4.69) is 31.2 Å². The van der Waals surface area contributed by atoms with Gasteiger partial charge in [0.25, 0.3) is 0 Å². The number of urea groups is 1. The highest BCUT2D eigenvalue weighted by molar-refractivity contribution is 7.14. The minimum atomic E-state index is -0.709. The van der Waals surface area contributed by atoms with Crippen LogP contribution in [0.5, 0.6) is 0 Å². The molecular weight excluding hydrogens is 502 g/mol. The zero-order valence-electron chi connectivity index (χ0n) is 20.8. The second kappa shape index (κ2) is 11.3. The number of amides is 4. The zero-order chi connectivity index (χ0) is 27.3. The Morgan fingerprint density at radius 1 is 1.22 bits per heavy atom. The van der Waals surface area contributed by atoms with Gasteiger partial charge in [-0.25, -0.2) is 14.6 Å². The lowest BCUT2D eigenvalue weighted by Crippen LogP contribution is -2.63. The lowest BCUT2D eigenvalue weighted by Gasteiger charge is -2.36. The summed E-state index contributed by atoms with van der Waals surface area (Å²) < 4.78 is 5.15. The van der Waals surface area contributed by atoms with Crippen LogP contribution in [0.3, 0.4) is 0 Å². The highest BCUT2D eigenvalue weighted by atomic mass is 32.1. The third kappa shape index (κ3) is 7.70. The van der Waals surface area contributed by atoms with Crippen LogP contribution in [0.1, 0.15) is 44.1 Å². The lowest BCUT2D eigenvalue weighted by molar-refractivity contribution is -0.137. The van der Waals surface area contributed by atoms with Crippen molar-refractivity contribution in [3.8, 4) is 0 Å². The van der Waals surface area contributed by atoms with Gasteiger partial charge < -0.3 is 25.7 Å². The molecule has 0 bridgehead atoms. The Balaban J connectivity index is 1.46. The average Bonchev–Trinajstić information content (AvgIpc) is 3.27. The summed E-state index contributed by atoms with van der Waals surface area (Å²) in [5, 5.41) is 20.1. The van der Waals surface area contributed by atoms with E-state index in [1.165, 1.54) is 11.4 Å². The molecule has 3 rings (SSSR count). The third-order valence-electron chi connectivity index (χ3n) is 5.29. The van der Waals surface area contributed by atoms with E-state index < -0.39 is 35.5 Å². The number of nitrogens with zero attached hydrogens (tertiary/aromatic N) is 1. The smallest absolute Gasteiger partial charge is 0.413 e. The highest BCUT2D eigenvalue weighted by Gasteiger charge is 2.41. The summed E-state index contributed by atoms with van der Waals surface area (Å²) in [6.07, 6.45) is 0.629. The van der Waals surface area contributed by atoms with Crippen molar-refractivity contribution in [2.24, 2.45) is 5.92 Å². The van der Waals surface area contributed by atoms with Crippen LogP contribution in [-0.4, -0.2) is 57.7 Å². The number of anilines is 1. The van der Waals surface area contributed by atoms with E-state index in [1.807, 2.05) is 0 Å². The number of β-lactam (4-membered cyclic amide) rings is 1. The number of ether oxygens (including phenoxy) is 1. The number of thiazole rings is 1. The normalized spacial score (nSPS) is 16.7. The lowest BCUT2D eigenvalue weighted by atomic mass is 9.85. The van der Waals surface area contributed by atoms with Gasteiger partial charge in [-0.2, -0.15) is 0 Å². The number of H-pyrrole nitrogens is 1. The first-order valence-corrected chi connectivity index (χ1v) is 12.3. The van der Waals surface area contributed by atoms with Crippen molar-refractivity contribution in [1.29, 1.82) is 5.41 Å². The van der Waals surface area contributed by atoms with Crippen LogP contribution in [0.4, 0.5) is 14.7 Å². The topological polar surface area (TPSA) is 195 Å². The maximum absolute atomic E-state index is 12.6. The van der Waals surface area contributed by atoms with Gasteiger partial charge in [-0.15, -0.1) is 11.3 Å². The molecule has 0 spiro atoms. The number of hydrogen-bond acceptors (Lipinski definition) is 9. The van der Waals surface area contributed by atoms with Gasteiger partial charge in [0.05, 0.1) is 18.5 Å². The monoisotopic (exact) mass is 531 g/mol. The highest BCUT2D eigenvalue weighted by Crippen LogP contribution is 2.22. The molecular formula is C23H29N7O6S. The van der Waals surface area contributed by atoms with Crippen LogP contribution >= 0.6 is 11.3 Å². The summed E-state index contributed by atoms with van der Waals surface area (Å²) in [5.74, 6) is -1.65. The molecule has 6 N–H and O–H groups in total. The van der Waals surface area contributed by atoms with Crippen molar-refractivity contribution in [2.45, 2.75) is 52.3 Å². The zero-order valence-corrected chi connectivity index (χ0v) is 21.6. The van der Waals surface area contributed by atoms with Gasteiger partial charge in [0.1, 0.15) is 17.0 Å². The molecule has 13 nitrogen and oxygen atoms in total. The van der Waals surface area contributed by atoms with E-state index >= 15 is 0 Å². The number of rotatable bonds is 9. The van der Waals surface area contributed by atoms with Crippen molar-refractivity contribution in [2.75, 3.05) is 11.9 Å². The van der Waals surface area contributed by atoms with Crippen LogP contribution < -0.4 is 26.7 Å². The molecule has 198 valence electrons. The molecule has 2 aromatic rings. The molecule has 2 atom stereocenters. The Morgan fingerprint density at radius 3 is 2.59 bits per heavy atom. The second-order valence-electron chi connectivity index (χ2n) is 9.46. The first-order chi connectivity index (χ1) is 17.3. The van der Waals surface area contributed by atoms with Gasteiger partial charge in [-0.05, 0) is 27.7 Å². The second-order valence-corrected chi connectivity index (χ2v) is 10.3. The van der Waals surface area contributed by atoms with Gasteiger partial charge in [0, 0.05) is 41.9 Å². The molecule has 1 saturated heterocycles. The fourth-order valence-electron chi connectivity index (χ4n) is 3.32.